The maximum Gasteiger partial charge on any atom is 0.573 e. The molecular formula is C15H9F6NO3. The molecule has 25 heavy (non-hydrogen) atoms. The molecule has 0 saturated carbocycles. The Bertz CT molecular complexity index is 786. The van der Waals surface area contributed by atoms with E-state index < -0.39 is 46.8 Å². The van der Waals surface area contributed by atoms with Crippen LogP contribution in [0.4, 0.5) is 26.3 Å². The molecule has 4 nitrogen and oxygen atoms in total. The number of carbonyl (C=O) groups is 1. The Labute approximate surface area is 136 Å². The zero-order chi connectivity index (χ0) is 18.8. The minimum Gasteiger partial charge on any atom is -0.453 e. The molecule has 0 atom stereocenters. The summed E-state index contributed by atoms with van der Waals surface area (Å²) < 4.78 is 84.1. The van der Waals surface area contributed by atoms with Crippen LogP contribution in [0, 0.1) is 0 Å². The largest absolute Gasteiger partial charge is 0.573 e. The number of primary amides is 1. The van der Waals surface area contributed by atoms with Crippen molar-refractivity contribution in [1.82, 2.24) is 0 Å². The zero-order valence-corrected chi connectivity index (χ0v) is 12.1. The predicted molar refractivity (Wildman–Crippen MR) is 73.2 cm³/mol. The predicted octanol–water partition coefficient (Wildman–Crippen LogP) is 4.50. The van der Waals surface area contributed by atoms with Crippen LogP contribution in [0.15, 0.2) is 42.5 Å². The summed E-state index contributed by atoms with van der Waals surface area (Å²) in [4.78, 5) is 11.4. The molecule has 134 valence electrons. The maximum atomic E-state index is 12.7. The Hall–Kier alpha value is -2.91. The van der Waals surface area contributed by atoms with E-state index in [-0.39, 0.29) is 0 Å². The minimum absolute atomic E-state index is 0.446. The Morgan fingerprint density at radius 2 is 1.48 bits per heavy atom. The molecule has 0 bridgehead atoms. The Balaban J connectivity index is 2.43. The van der Waals surface area contributed by atoms with Crippen LogP contribution in [0.3, 0.4) is 0 Å². The topological polar surface area (TPSA) is 61.6 Å². The first kappa shape index (κ1) is 18.4. The molecule has 0 unspecified atom stereocenters. The summed E-state index contributed by atoms with van der Waals surface area (Å²) in [5.74, 6) is -2.87. The molecule has 0 aliphatic rings. The molecule has 0 aromatic heterocycles. The Kier molecular flexibility index (Phi) is 4.82. The Morgan fingerprint density at radius 1 is 0.880 bits per heavy atom. The molecule has 0 spiro atoms. The average Bonchev–Trinajstić information content (AvgIpc) is 2.46. The molecule has 2 rings (SSSR count). The van der Waals surface area contributed by atoms with Gasteiger partial charge in [-0.05, 0) is 30.3 Å². The highest BCUT2D eigenvalue weighted by molar-refractivity contribution is 5.96. The number of alkyl halides is 6. The van der Waals surface area contributed by atoms with Gasteiger partial charge in [-0.1, -0.05) is 12.1 Å². The minimum atomic E-state index is -5.01. The quantitative estimate of drug-likeness (QED) is 0.812. The molecule has 1 amide bonds. The van der Waals surface area contributed by atoms with Crippen molar-refractivity contribution in [3.63, 3.8) is 0 Å². The SMILES string of the molecule is NC(=O)c1cc(C(F)(F)F)ccc1Oc1ccccc1OC(F)(F)F. The van der Waals surface area contributed by atoms with Gasteiger partial charge >= 0.3 is 12.5 Å². The van der Waals surface area contributed by atoms with Gasteiger partial charge in [0.05, 0.1) is 11.1 Å². The fourth-order valence-electron chi connectivity index (χ4n) is 1.85. The van der Waals surface area contributed by atoms with Crippen molar-refractivity contribution in [3.8, 4) is 17.2 Å². The lowest BCUT2D eigenvalue weighted by molar-refractivity contribution is -0.275. The first-order valence-corrected chi connectivity index (χ1v) is 6.51. The van der Waals surface area contributed by atoms with Gasteiger partial charge in [0.15, 0.2) is 11.5 Å². The highest BCUT2D eigenvalue weighted by Gasteiger charge is 2.33. The van der Waals surface area contributed by atoms with Gasteiger partial charge in [-0.2, -0.15) is 13.2 Å². The summed E-state index contributed by atoms with van der Waals surface area (Å²) in [5.41, 5.74) is 3.22. The van der Waals surface area contributed by atoms with E-state index in [2.05, 4.69) is 4.74 Å². The van der Waals surface area contributed by atoms with Crippen LogP contribution in [0.5, 0.6) is 17.2 Å². The van der Waals surface area contributed by atoms with Crippen molar-refractivity contribution in [1.29, 1.82) is 0 Å². The van der Waals surface area contributed by atoms with Crippen molar-refractivity contribution >= 4 is 5.91 Å². The lowest BCUT2D eigenvalue weighted by Gasteiger charge is -2.16. The Morgan fingerprint density at radius 3 is 2.00 bits per heavy atom. The van der Waals surface area contributed by atoms with E-state index in [0.29, 0.717) is 12.1 Å². The first-order valence-electron chi connectivity index (χ1n) is 6.51. The number of hydrogen-bond donors (Lipinski definition) is 1. The summed E-state index contributed by atoms with van der Waals surface area (Å²) in [6.07, 6.45) is -9.74. The van der Waals surface area contributed by atoms with Gasteiger partial charge in [0, 0.05) is 0 Å². The van der Waals surface area contributed by atoms with Crippen LogP contribution in [-0.2, 0) is 6.18 Å². The van der Waals surface area contributed by atoms with Crippen LogP contribution in [0.25, 0.3) is 0 Å². The van der Waals surface area contributed by atoms with Gasteiger partial charge in [-0.3, -0.25) is 4.79 Å². The number of halogens is 6. The lowest BCUT2D eigenvalue weighted by Crippen LogP contribution is -2.18. The van der Waals surface area contributed by atoms with E-state index in [4.69, 9.17) is 10.5 Å². The van der Waals surface area contributed by atoms with E-state index in [0.717, 1.165) is 18.2 Å². The molecule has 0 saturated heterocycles. The number of rotatable bonds is 4. The van der Waals surface area contributed by atoms with Gasteiger partial charge in [-0.25, -0.2) is 0 Å². The van der Waals surface area contributed by atoms with Crippen LogP contribution >= 0.6 is 0 Å². The van der Waals surface area contributed by atoms with Crippen LogP contribution < -0.4 is 15.2 Å². The van der Waals surface area contributed by atoms with Gasteiger partial charge in [0.25, 0.3) is 5.91 Å². The fourth-order valence-corrected chi connectivity index (χ4v) is 1.85. The summed E-state index contributed by atoms with van der Waals surface area (Å²) in [7, 11) is 0. The normalized spacial score (nSPS) is 11.9. The van der Waals surface area contributed by atoms with Crippen molar-refractivity contribution in [2.24, 2.45) is 5.73 Å². The monoisotopic (exact) mass is 365 g/mol. The summed E-state index contributed by atoms with van der Waals surface area (Å²) in [5, 5.41) is 0. The van der Waals surface area contributed by atoms with Crippen molar-refractivity contribution in [2.75, 3.05) is 0 Å². The smallest absolute Gasteiger partial charge is 0.453 e. The molecule has 2 N–H and O–H groups in total. The summed E-state index contributed by atoms with van der Waals surface area (Å²) in [6.45, 7) is 0. The van der Waals surface area contributed by atoms with E-state index in [1.54, 1.807) is 0 Å². The van der Waals surface area contributed by atoms with Crippen molar-refractivity contribution in [2.45, 2.75) is 12.5 Å². The molecule has 0 aliphatic heterocycles. The average molecular weight is 365 g/mol. The van der Waals surface area contributed by atoms with Gasteiger partial charge in [0.1, 0.15) is 5.75 Å². The van der Waals surface area contributed by atoms with Gasteiger partial charge < -0.3 is 15.2 Å². The lowest BCUT2D eigenvalue weighted by atomic mass is 10.1. The number of carbonyl (C=O) groups excluding carboxylic acids is 1. The molecule has 10 heteroatoms. The van der Waals surface area contributed by atoms with Crippen molar-refractivity contribution < 1.29 is 40.6 Å². The fraction of sp³-hybridized carbons (Fsp3) is 0.133. The number of nitrogens with two attached hydrogens (primary N) is 1. The standard InChI is InChI=1S/C15H9F6NO3/c16-14(17,18)8-5-6-10(9(7-8)13(22)23)24-11-3-1-2-4-12(11)25-15(19,20)21/h1-7H,(H2,22,23). The van der Waals surface area contributed by atoms with Crippen LogP contribution in [0.1, 0.15) is 15.9 Å². The second-order valence-corrected chi connectivity index (χ2v) is 4.67. The maximum absolute atomic E-state index is 12.7. The summed E-state index contributed by atoms with van der Waals surface area (Å²) in [6, 6.07) is 6.41. The third-order valence-electron chi connectivity index (χ3n) is 2.87. The van der Waals surface area contributed by atoms with Crippen molar-refractivity contribution in [3.05, 3.63) is 53.6 Å². The molecule has 2 aromatic carbocycles. The number of hydrogen-bond acceptors (Lipinski definition) is 3. The van der Waals surface area contributed by atoms with E-state index in [1.165, 1.54) is 12.1 Å². The molecule has 0 radical (unpaired) electrons. The highest BCUT2D eigenvalue weighted by Crippen LogP contribution is 2.38. The molecule has 0 heterocycles. The highest BCUT2D eigenvalue weighted by atomic mass is 19.4. The second-order valence-electron chi connectivity index (χ2n) is 4.67. The molecule has 0 fully saturated rings. The number of para-hydroxylation sites is 2. The van der Waals surface area contributed by atoms with Gasteiger partial charge in [-0.15, -0.1) is 13.2 Å². The zero-order valence-electron chi connectivity index (χ0n) is 12.1. The van der Waals surface area contributed by atoms with E-state index in [9.17, 15) is 31.1 Å². The second kappa shape index (κ2) is 6.54. The van der Waals surface area contributed by atoms with Crippen LogP contribution in [0.2, 0.25) is 0 Å². The van der Waals surface area contributed by atoms with E-state index in [1.807, 2.05) is 0 Å². The number of amides is 1. The third kappa shape index (κ3) is 4.78. The van der Waals surface area contributed by atoms with Crippen LogP contribution in [-0.4, -0.2) is 12.3 Å². The molecule has 2 aromatic rings. The molecular weight excluding hydrogens is 356 g/mol. The number of ether oxygens (including phenoxy) is 2. The number of benzene rings is 2. The van der Waals surface area contributed by atoms with Gasteiger partial charge in [0.2, 0.25) is 0 Å². The third-order valence-corrected chi connectivity index (χ3v) is 2.87. The first-order chi connectivity index (χ1) is 11.5. The molecule has 0 aliphatic carbocycles. The van der Waals surface area contributed by atoms with E-state index >= 15 is 0 Å². The summed E-state index contributed by atoms with van der Waals surface area (Å²) >= 11 is 0.